The van der Waals surface area contributed by atoms with Gasteiger partial charge in [0.2, 0.25) is 0 Å². The molecule has 2 N–H and O–H groups in total. The molecule has 0 unspecified atom stereocenters. The van der Waals surface area contributed by atoms with Gasteiger partial charge in [0.1, 0.15) is 5.75 Å². The minimum absolute atomic E-state index is 0.0532. The van der Waals surface area contributed by atoms with Crippen molar-refractivity contribution in [3.05, 3.63) is 33.9 Å². The molecule has 1 aromatic carbocycles. The number of phenols is 1. The van der Waals surface area contributed by atoms with Gasteiger partial charge in [-0.25, -0.2) is 0 Å². The van der Waals surface area contributed by atoms with Gasteiger partial charge in [-0.1, -0.05) is 0 Å². The number of rotatable bonds is 4. The number of piperidine rings is 1. The van der Waals surface area contributed by atoms with Gasteiger partial charge < -0.3 is 10.4 Å². The number of likely N-dealkylation sites (tertiary alicyclic amines) is 1. The lowest BCUT2D eigenvalue weighted by Gasteiger charge is -2.41. The third kappa shape index (κ3) is 4.18. The standard InChI is InChI=1S/C16H25N3O3/c1-16(2,3)18-8-6-13(7-9-18)17-11-12-10-14(20)4-5-15(12)19(21)22/h4-5,10,13,17,20H,6-9,11H2,1-3H3. The lowest BCUT2D eigenvalue weighted by Crippen LogP contribution is -2.49. The lowest BCUT2D eigenvalue weighted by molar-refractivity contribution is -0.385. The first-order chi connectivity index (χ1) is 10.3. The number of nitrogens with zero attached hydrogens (tertiary/aromatic N) is 2. The molecule has 0 saturated carbocycles. The van der Waals surface area contributed by atoms with E-state index >= 15 is 0 Å². The van der Waals surface area contributed by atoms with Gasteiger partial charge in [0.05, 0.1) is 4.92 Å². The normalized spacial score (nSPS) is 17.6. The van der Waals surface area contributed by atoms with Crippen LogP contribution in [0.2, 0.25) is 0 Å². The van der Waals surface area contributed by atoms with Crippen LogP contribution in [0, 0.1) is 10.1 Å². The Morgan fingerprint density at radius 2 is 2.00 bits per heavy atom. The van der Waals surface area contributed by atoms with Crippen molar-refractivity contribution in [2.75, 3.05) is 13.1 Å². The highest BCUT2D eigenvalue weighted by Gasteiger charge is 2.27. The molecular formula is C16H25N3O3. The van der Waals surface area contributed by atoms with Crippen LogP contribution in [-0.4, -0.2) is 39.6 Å². The van der Waals surface area contributed by atoms with Crippen molar-refractivity contribution in [1.82, 2.24) is 10.2 Å². The number of nitro groups is 1. The Hall–Kier alpha value is -1.66. The molecule has 6 nitrogen and oxygen atoms in total. The van der Waals surface area contributed by atoms with Crippen LogP contribution in [0.25, 0.3) is 0 Å². The fourth-order valence-corrected chi connectivity index (χ4v) is 2.90. The highest BCUT2D eigenvalue weighted by Crippen LogP contribution is 2.24. The van der Waals surface area contributed by atoms with Gasteiger partial charge in [0.25, 0.3) is 5.69 Å². The first-order valence-electron chi connectivity index (χ1n) is 7.72. The summed E-state index contributed by atoms with van der Waals surface area (Å²) in [4.78, 5) is 13.1. The number of phenolic OH excluding ortho intramolecular Hbond substituents is 1. The molecule has 0 aromatic heterocycles. The molecule has 1 aromatic rings. The number of benzene rings is 1. The molecule has 1 aliphatic heterocycles. The van der Waals surface area contributed by atoms with E-state index in [1.165, 1.54) is 18.2 Å². The van der Waals surface area contributed by atoms with Crippen molar-refractivity contribution in [2.24, 2.45) is 0 Å². The molecule has 0 spiro atoms. The Kier molecular flexibility index (Phi) is 5.03. The van der Waals surface area contributed by atoms with E-state index in [1.807, 2.05) is 0 Å². The first kappa shape index (κ1) is 16.7. The summed E-state index contributed by atoms with van der Waals surface area (Å²) in [5.41, 5.74) is 0.773. The summed E-state index contributed by atoms with van der Waals surface area (Å²) in [6, 6.07) is 4.54. The zero-order valence-electron chi connectivity index (χ0n) is 13.5. The number of hydrogen-bond donors (Lipinski definition) is 2. The van der Waals surface area contributed by atoms with Crippen LogP contribution in [0.1, 0.15) is 39.2 Å². The van der Waals surface area contributed by atoms with E-state index in [0.717, 1.165) is 25.9 Å². The van der Waals surface area contributed by atoms with E-state index in [2.05, 4.69) is 31.0 Å². The fourth-order valence-electron chi connectivity index (χ4n) is 2.90. The molecule has 6 heteroatoms. The molecule has 0 aliphatic carbocycles. The van der Waals surface area contributed by atoms with Crippen molar-refractivity contribution < 1.29 is 10.0 Å². The van der Waals surface area contributed by atoms with Gasteiger partial charge in [0.15, 0.2) is 0 Å². The maximum Gasteiger partial charge on any atom is 0.274 e. The molecule has 1 fully saturated rings. The Balaban J connectivity index is 1.92. The molecule has 0 atom stereocenters. The van der Waals surface area contributed by atoms with Gasteiger partial charge in [-0.2, -0.15) is 0 Å². The summed E-state index contributed by atoms with van der Waals surface area (Å²) in [7, 11) is 0. The van der Waals surface area contributed by atoms with Crippen molar-refractivity contribution in [2.45, 2.75) is 51.7 Å². The van der Waals surface area contributed by atoms with E-state index in [-0.39, 0.29) is 17.0 Å². The number of hydrogen-bond acceptors (Lipinski definition) is 5. The molecule has 0 radical (unpaired) electrons. The highest BCUT2D eigenvalue weighted by atomic mass is 16.6. The Bertz CT molecular complexity index is 532. The van der Waals surface area contributed by atoms with E-state index in [4.69, 9.17) is 0 Å². The number of nitrogens with one attached hydrogen (secondary N) is 1. The van der Waals surface area contributed by atoms with Gasteiger partial charge in [-0.15, -0.1) is 0 Å². The molecule has 2 rings (SSSR count). The van der Waals surface area contributed by atoms with Crippen molar-refractivity contribution in [1.29, 1.82) is 0 Å². The van der Waals surface area contributed by atoms with Crippen molar-refractivity contribution in [3.63, 3.8) is 0 Å². The van der Waals surface area contributed by atoms with Crippen LogP contribution in [0.3, 0.4) is 0 Å². The molecule has 0 bridgehead atoms. The second kappa shape index (κ2) is 6.62. The number of aromatic hydroxyl groups is 1. The van der Waals surface area contributed by atoms with Crippen molar-refractivity contribution >= 4 is 5.69 Å². The minimum atomic E-state index is -0.404. The second-order valence-electron chi connectivity index (χ2n) is 6.88. The smallest absolute Gasteiger partial charge is 0.274 e. The van der Waals surface area contributed by atoms with Gasteiger partial charge in [0, 0.05) is 42.8 Å². The summed E-state index contributed by atoms with van der Waals surface area (Å²) in [6.07, 6.45) is 2.06. The van der Waals surface area contributed by atoms with Crippen LogP contribution in [0.4, 0.5) is 5.69 Å². The average Bonchev–Trinajstić information content (AvgIpc) is 2.44. The van der Waals surface area contributed by atoms with Crippen LogP contribution >= 0.6 is 0 Å². The Morgan fingerprint density at radius 3 is 2.55 bits per heavy atom. The summed E-state index contributed by atoms with van der Waals surface area (Å²) < 4.78 is 0. The van der Waals surface area contributed by atoms with E-state index in [0.29, 0.717) is 18.2 Å². The molecule has 0 amide bonds. The molecule has 122 valence electrons. The van der Waals surface area contributed by atoms with Crippen molar-refractivity contribution in [3.8, 4) is 5.75 Å². The van der Waals surface area contributed by atoms with Gasteiger partial charge in [-0.3, -0.25) is 15.0 Å². The molecule has 22 heavy (non-hydrogen) atoms. The molecule has 1 aliphatic rings. The monoisotopic (exact) mass is 307 g/mol. The summed E-state index contributed by atoms with van der Waals surface area (Å²) in [5.74, 6) is 0.0601. The molecule has 1 saturated heterocycles. The maximum atomic E-state index is 11.0. The van der Waals surface area contributed by atoms with Gasteiger partial charge in [-0.05, 0) is 45.7 Å². The van der Waals surface area contributed by atoms with E-state index < -0.39 is 4.92 Å². The first-order valence-corrected chi connectivity index (χ1v) is 7.72. The zero-order chi connectivity index (χ0) is 16.3. The topological polar surface area (TPSA) is 78.6 Å². The minimum Gasteiger partial charge on any atom is -0.508 e. The largest absolute Gasteiger partial charge is 0.508 e. The SMILES string of the molecule is CC(C)(C)N1CCC(NCc2cc(O)ccc2[N+](=O)[O-])CC1. The average molecular weight is 307 g/mol. The predicted octanol–water partition coefficient (Wildman–Crippen LogP) is 2.65. The fraction of sp³-hybridized carbons (Fsp3) is 0.625. The van der Waals surface area contributed by atoms with Crippen LogP contribution in [-0.2, 0) is 6.54 Å². The second-order valence-corrected chi connectivity index (χ2v) is 6.88. The third-order valence-corrected chi connectivity index (χ3v) is 4.28. The Morgan fingerprint density at radius 1 is 1.36 bits per heavy atom. The molecular weight excluding hydrogens is 282 g/mol. The van der Waals surface area contributed by atoms with Crippen LogP contribution in [0.15, 0.2) is 18.2 Å². The predicted molar refractivity (Wildman–Crippen MR) is 85.9 cm³/mol. The number of nitro benzene ring substituents is 1. The lowest BCUT2D eigenvalue weighted by atomic mass is 9.98. The zero-order valence-corrected chi connectivity index (χ0v) is 13.5. The highest BCUT2D eigenvalue weighted by molar-refractivity contribution is 5.44. The summed E-state index contributed by atoms with van der Waals surface area (Å²) >= 11 is 0. The van der Waals surface area contributed by atoms with Crippen LogP contribution < -0.4 is 5.32 Å². The van der Waals surface area contributed by atoms with E-state index in [1.54, 1.807) is 0 Å². The quantitative estimate of drug-likeness (QED) is 0.660. The third-order valence-electron chi connectivity index (χ3n) is 4.28. The van der Waals surface area contributed by atoms with Gasteiger partial charge >= 0.3 is 0 Å². The van der Waals surface area contributed by atoms with Crippen LogP contribution in [0.5, 0.6) is 5.75 Å². The maximum absolute atomic E-state index is 11.0. The summed E-state index contributed by atoms with van der Waals surface area (Å²) in [6.45, 7) is 9.13. The molecule has 1 heterocycles. The Labute approximate surface area is 131 Å². The summed E-state index contributed by atoms with van der Waals surface area (Å²) in [5, 5.41) is 23.9. The van der Waals surface area contributed by atoms with E-state index in [9.17, 15) is 15.2 Å².